The molecule has 1 aliphatic heterocycles. The monoisotopic (exact) mass is 335 g/mol. The van der Waals surface area contributed by atoms with E-state index < -0.39 is 0 Å². The van der Waals surface area contributed by atoms with E-state index in [2.05, 4.69) is 33.0 Å². The lowest BCUT2D eigenvalue weighted by Crippen LogP contribution is -2.16. The zero-order chi connectivity index (χ0) is 16.8. The molecule has 0 atom stereocenters. The number of rotatable bonds is 2. The predicted molar refractivity (Wildman–Crippen MR) is 95.7 cm³/mol. The van der Waals surface area contributed by atoms with Crippen LogP contribution < -0.4 is 0 Å². The van der Waals surface area contributed by atoms with Crippen LogP contribution in [0.15, 0.2) is 48.7 Å². The fourth-order valence-corrected chi connectivity index (χ4v) is 3.84. The van der Waals surface area contributed by atoms with Crippen molar-refractivity contribution in [1.82, 2.24) is 14.8 Å². The number of H-pyrrole nitrogens is 1. The molecule has 0 saturated carbocycles. The highest BCUT2D eigenvalue weighted by Gasteiger charge is 2.22. The molecule has 0 amide bonds. The third-order valence-electron chi connectivity index (χ3n) is 5.11. The predicted octanol–water partition coefficient (Wildman–Crippen LogP) is 4.54. The van der Waals surface area contributed by atoms with Gasteiger partial charge in [-0.3, -0.25) is 5.10 Å². The van der Waals surface area contributed by atoms with Gasteiger partial charge in [0.1, 0.15) is 5.82 Å². The van der Waals surface area contributed by atoms with Gasteiger partial charge in [0.15, 0.2) is 0 Å². The maximum absolute atomic E-state index is 13.4. The van der Waals surface area contributed by atoms with Crippen molar-refractivity contribution >= 4 is 21.8 Å². The number of hydrogen-bond acceptors (Lipinski definition) is 2. The van der Waals surface area contributed by atoms with Gasteiger partial charge in [0.05, 0.1) is 17.2 Å². The Bertz CT molecular complexity index is 1040. The standard InChI is InChI=1S/C20H18FN3O/c21-16-1-3-17(4-2-16)24-19(13-5-7-25-8-6-13)10-14-9-18-15(11-20(14)24)12-22-23-18/h1-4,9-13H,5-8H2,(H,22,23). The summed E-state index contributed by atoms with van der Waals surface area (Å²) >= 11 is 0. The molecule has 1 saturated heterocycles. The highest BCUT2D eigenvalue weighted by Crippen LogP contribution is 2.35. The molecule has 0 aliphatic carbocycles. The molecule has 2 aromatic heterocycles. The number of nitrogens with zero attached hydrogens (tertiary/aromatic N) is 2. The van der Waals surface area contributed by atoms with E-state index in [1.54, 1.807) is 0 Å². The topological polar surface area (TPSA) is 42.8 Å². The number of aromatic nitrogens is 3. The first-order chi connectivity index (χ1) is 12.3. The van der Waals surface area contributed by atoms with Crippen LogP contribution in [0.4, 0.5) is 4.39 Å². The van der Waals surface area contributed by atoms with E-state index in [0.717, 1.165) is 48.2 Å². The second-order valence-electron chi connectivity index (χ2n) is 6.64. The molecule has 25 heavy (non-hydrogen) atoms. The fraction of sp³-hybridized carbons (Fsp3) is 0.250. The fourth-order valence-electron chi connectivity index (χ4n) is 3.84. The minimum Gasteiger partial charge on any atom is -0.381 e. The second-order valence-corrected chi connectivity index (χ2v) is 6.64. The zero-order valence-corrected chi connectivity index (χ0v) is 13.7. The molecule has 3 heterocycles. The molecule has 5 heteroatoms. The summed E-state index contributed by atoms with van der Waals surface area (Å²) in [5.41, 5.74) is 4.41. The first kappa shape index (κ1) is 14.7. The van der Waals surface area contributed by atoms with Crippen LogP contribution in [-0.4, -0.2) is 28.0 Å². The summed E-state index contributed by atoms with van der Waals surface area (Å²) in [6.07, 6.45) is 3.86. The van der Waals surface area contributed by atoms with Gasteiger partial charge in [0.2, 0.25) is 0 Å². The molecule has 5 rings (SSSR count). The molecule has 0 spiro atoms. The van der Waals surface area contributed by atoms with Gasteiger partial charge in [0.25, 0.3) is 0 Å². The SMILES string of the molecule is Fc1ccc(-n2c(C3CCOCC3)cc3cc4[nH]ncc4cc32)cc1. The van der Waals surface area contributed by atoms with Crippen LogP contribution in [0.25, 0.3) is 27.5 Å². The Labute approximate surface area is 144 Å². The Morgan fingerprint density at radius 2 is 1.84 bits per heavy atom. The van der Waals surface area contributed by atoms with Crippen molar-refractivity contribution in [2.24, 2.45) is 0 Å². The first-order valence-corrected chi connectivity index (χ1v) is 8.62. The van der Waals surface area contributed by atoms with Crippen LogP contribution in [0.1, 0.15) is 24.5 Å². The highest BCUT2D eigenvalue weighted by atomic mass is 19.1. The maximum atomic E-state index is 13.4. The molecule has 0 unspecified atom stereocenters. The quantitative estimate of drug-likeness (QED) is 0.584. The number of ether oxygens (including phenoxy) is 1. The highest BCUT2D eigenvalue weighted by molar-refractivity contribution is 5.96. The van der Waals surface area contributed by atoms with Crippen LogP contribution in [0, 0.1) is 5.82 Å². The van der Waals surface area contributed by atoms with Crippen molar-refractivity contribution in [3.63, 3.8) is 0 Å². The smallest absolute Gasteiger partial charge is 0.123 e. The van der Waals surface area contributed by atoms with E-state index in [-0.39, 0.29) is 5.82 Å². The van der Waals surface area contributed by atoms with E-state index in [1.807, 2.05) is 18.3 Å². The number of aromatic amines is 1. The Balaban J connectivity index is 1.78. The lowest BCUT2D eigenvalue weighted by molar-refractivity contribution is 0.0842. The van der Waals surface area contributed by atoms with Gasteiger partial charge in [-0.1, -0.05) is 0 Å². The third-order valence-corrected chi connectivity index (χ3v) is 5.11. The van der Waals surface area contributed by atoms with E-state index in [4.69, 9.17) is 4.74 Å². The van der Waals surface area contributed by atoms with Gasteiger partial charge in [-0.15, -0.1) is 0 Å². The third kappa shape index (κ3) is 2.43. The van der Waals surface area contributed by atoms with Gasteiger partial charge in [-0.05, 0) is 55.3 Å². The van der Waals surface area contributed by atoms with Gasteiger partial charge in [-0.25, -0.2) is 4.39 Å². The van der Waals surface area contributed by atoms with Crippen molar-refractivity contribution in [2.75, 3.05) is 13.2 Å². The summed E-state index contributed by atoms with van der Waals surface area (Å²) in [7, 11) is 0. The van der Waals surface area contributed by atoms with Gasteiger partial charge in [-0.2, -0.15) is 5.10 Å². The van der Waals surface area contributed by atoms with Crippen LogP contribution >= 0.6 is 0 Å². The van der Waals surface area contributed by atoms with Crippen LogP contribution in [0.5, 0.6) is 0 Å². The number of fused-ring (bicyclic) bond motifs is 2. The molecule has 4 aromatic rings. The van der Waals surface area contributed by atoms with Crippen LogP contribution in [-0.2, 0) is 4.74 Å². The van der Waals surface area contributed by atoms with Crippen molar-refractivity contribution in [3.05, 3.63) is 60.2 Å². The molecule has 0 bridgehead atoms. The summed E-state index contributed by atoms with van der Waals surface area (Å²) in [5, 5.41) is 9.41. The number of benzene rings is 2. The molecule has 0 radical (unpaired) electrons. The summed E-state index contributed by atoms with van der Waals surface area (Å²) in [6, 6.07) is 13.3. The van der Waals surface area contributed by atoms with Crippen molar-refractivity contribution < 1.29 is 9.13 Å². The molecule has 1 aliphatic rings. The van der Waals surface area contributed by atoms with Gasteiger partial charge in [0, 0.05) is 41.3 Å². The minimum absolute atomic E-state index is 0.218. The number of hydrogen-bond donors (Lipinski definition) is 1. The minimum atomic E-state index is -0.218. The average molecular weight is 335 g/mol. The number of nitrogens with one attached hydrogen (secondary N) is 1. The van der Waals surface area contributed by atoms with E-state index in [9.17, 15) is 4.39 Å². The zero-order valence-electron chi connectivity index (χ0n) is 13.7. The Kier molecular flexibility index (Phi) is 3.35. The van der Waals surface area contributed by atoms with Crippen molar-refractivity contribution in [3.8, 4) is 5.69 Å². The average Bonchev–Trinajstić information content (AvgIpc) is 3.25. The molecular formula is C20H18FN3O. The number of halogens is 1. The van der Waals surface area contributed by atoms with Gasteiger partial charge < -0.3 is 9.30 Å². The molecule has 4 nitrogen and oxygen atoms in total. The van der Waals surface area contributed by atoms with Crippen LogP contribution in [0.2, 0.25) is 0 Å². The normalized spacial score (nSPS) is 16.0. The molecular weight excluding hydrogens is 317 g/mol. The summed E-state index contributed by atoms with van der Waals surface area (Å²) in [5.74, 6) is 0.229. The molecule has 1 N–H and O–H groups in total. The summed E-state index contributed by atoms with van der Waals surface area (Å²) in [4.78, 5) is 0. The lowest BCUT2D eigenvalue weighted by atomic mass is 9.96. The summed E-state index contributed by atoms with van der Waals surface area (Å²) < 4.78 is 21.2. The van der Waals surface area contributed by atoms with E-state index in [1.165, 1.54) is 23.2 Å². The largest absolute Gasteiger partial charge is 0.381 e. The van der Waals surface area contributed by atoms with E-state index in [0.29, 0.717) is 5.92 Å². The van der Waals surface area contributed by atoms with E-state index >= 15 is 0 Å². The van der Waals surface area contributed by atoms with Crippen molar-refractivity contribution in [1.29, 1.82) is 0 Å². The second kappa shape index (κ2) is 5.70. The molecule has 126 valence electrons. The van der Waals surface area contributed by atoms with Crippen LogP contribution in [0.3, 0.4) is 0 Å². The molecule has 1 fully saturated rings. The van der Waals surface area contributed by atoms with Crippen molar-refractivity contribution in [2.45, 2.75) is 18.8 Å². The lowest BCUT2D eigenvalue weighted by Gasteiger charge is -2.24. The Hall–Kier alpha value is -2.66. The maximum Gasteiger partial charge on any atom is 0.123 e. The first-order valence-electron chi connectivity index (χ1n) is 8.62. The van der Waals surface area contributed by atoms with Gasteiger partial charge >= 0.3 is 0 Å². The molecule has 2 aromatic carbocycles. The Morgan fingerprint density at radius 3 is 2.64 bits per heavy atom. The Morgan fingerprint density at radius 1 is 1.04 bits per heavy atom. The summed E-state index contributed by atoms with van der Waals surface area (Å²) in [6.45, 7) is 1.58.